The summed E-state index contributed by atoms with van der Waals surface area (Å²) in [7, 11) is 1.92. The highest BCUT2D eigenvalue weighted by molar-refractivity contribution is 5.60. The van der Waals surface area contributed by atoms with Crippen LogP contribution in [0.15, 0.2) is 77.5 Å². The van der Waals surface area contributed by atoms with Crippen LogP contribution in [0.4, 0.5) is 0 Å². The van der Waals surface area contributed by atoms with Crippen LogP contribution in [0, 0.1) is 0 Å². The molecule has 5 rings (SSSR count). The Labute approximate surface area is 203 Å². The summed E-state index contributed by atoms with van der Waals surface area (Å²) in [6.45, 7) is 4.98. The first-order valence-electron chi connectivity index (χ1n) is 12.7. The van der Waals surface area contributed by atoms with E-state index in [9.17, 15) is 0 Å². The third-order valence-electron chi connectivity index (χ3n) is 7.25. The molecule has 1 aliphatic carbocycles. The fourth-order valence-corrected chi connectivity index (χ4v) is 5.30. The van der Waals surface area contributed by atoms with Gasteiger partial charge in [-0.3, -0.25) is 9.67 Å². The number of nitrogens with one attached hydrogen (secondary N) is 2. The van der Waals surface area contributed by atoms with Crippen molar-refractivity contribution in [3.63, 3.8) is 0 Å². The third-order valence-corrected chi connectivity index (χ3v) is 7.25. The van der Waals surface area contributed by atoms with Crippen molar-refractivity contribution in [3.05, 3.63) is 78.0 Å². The van der Waals surface area contributed by atoms with Crippen molar-refractivity contribution in [2.45, 2.75) is 50.2 Å². The number of nitrogens with zero attached hydrogens (tertiary/aromatic N) is 5. The van der Waals surface area contributed by atoms with Gasteiger partial charge in [0.15, 0.2) is 0 Å². The normalized spacial score (nSPS) is 25.4. The Bertz CT molecular complexity index is 1010. The lowest BCUT2D eigenvalue weighted by Crippen LogP contribution is -2.43. The number of aliphatic imine (C=N–C) groups is 1. The quantitative estimate of drug-likeness (QED) is 0.707. The number of hydrogen-bond acceptors (Lipinski definition) is 6. The minimum atomic E-state index is -0.0354. The Kier molecular flexibility index (Phi) is 7.29. The molecule has 3 aliphatic heterocycles. The summed E-state index contributed by atoms with van der Waals surface area (Å²) in [6, 6.07) is 9.14. The van der Waals surface area contributed by atoms with E-state index in [1.54, 1.807) is 17.2 Å². The zero-order valence-corrected chi connectivity index (χ0v) is 20.2. The van der Waals surface area contributed by atoms with Crippen molar-refractivity contribution < 1.29 is 0 Å². The molecule has 2 atom stereocenters. The van der Waals surface area contributed by atoms with Crippen molar-refractivity contribution in [1.29, 1.82) is 0 Å². The lowest BCUT2D eigenvalue weighted by Gasteiger charge is -2.39. The van der Waals surface area contributed by atoms with Crippen LogP contribution in [-0.4, -0.2) is 64.2 Å². The van der Waals surface area contributed by atoms with E-state index in [2.05, 4.69) is 67.0 Å². The van der Waals surface area contributed by atoms with Crippen molar-refractivity contribution in [2.24, 2.45) is 12.0 Å². The fourth-order valence-electron chi connectivity index (χ4n) is 5.30. The average molecular weight is 460 g/mol. The van der Waals surface area contributed by atoms with E-state index in [0.29, 0.717) is 0 Å². The van der Waals surface area contributed by atoms with E-state index in [1.807, 2.05) is 25.4 Å². The zero-order chi connectivity index (χ0) is 23.2. The van der Waals surface area contributed by atoms with E-state index in [1.165, 1.54) is 57.6 Å². The van der Waals surface area contributed by atoms with E-state index in [0.717, 1.165) is 23.8 Å². The maximum atomic E-state index is 4.63. The molecule has 180 valence electrons. The molecule has 0 bridgehead atoms. The van der Waals surface area contributed by atoms with Crippen molar-refractivity contribution in [3.8, 4) is 0 Å². The monoisotopic (exact) mass is 459 g/mol. The van der Waals surface area contributed by atoms with Crippen LogP contribution in [0.25, 0.3) is 0 Å². The number of allylic oxidation sites excluding steroid dienone is 1. The fraction of sp³-hybridized carbons (Fsp3) is 0.481. The molecule has 4 heterocycles. The lowest BCUT2D eigenvalue weighted by molar-refractivity contribution is 0.149. The van der Waals surface area contributed by atoms with Gasteiger partial charge < -0.3 is 20.4 Å². The number of aryl methyl sites for hydroxylation is 1. The summed E-state index contributed by atoms with van der Waals surface area (Å²) in [5, 5.41) is 11.2. The number of piperidine rings is 1. The van der Waals surface area contributed by atoms with E-state index < -0.39 is 0 Å². The molecule has 2 fully saturated rings. The Morgan fingerprint density at radius 2 is 1.91 bits per heavy atom. The van der Waals surface area contributed by atoms with E-state index in [-0.39, 0.29) is 12.1 Å². The second-order valence-electron chi connectivity index (χ2n) is 9.59. The van der Waals surface area contributed by atoms with Crippen LogP contribution < -0.4 is 10.6 Å². The summed E-state index contributed by atoms with van der Waals surface area (Å²) in [5.74, 6) is 1.00. The third kappa shape index (κ3) is 5.70. The molecular weight excluding hydrogens is 422 g/mol. The summed E-state index contributed by atoms with van der Waals surface area (Å²) in [6.07, 6.45) is 21.0. The van der Waals surface area contributed by atoms with Crippen LogP contribution in [0.5, 0.6) is 0 Å². The van der Waals surface area contributed by atoms with Crippen molar-refractivity contribution >= 4 is 6.34 Å². The van der Waals surface area contributed by atoms with Gasteiger partial charge in [0.2, 0.25) is 0 Å². The van der Waals surface area contributed by atoms with Crippen LogP contribution in [0.3, 0.4) is 0 Å². The van der Waals surface area contributed by atoms with E-state index >= 15 is 0 Å². The van der Waals surface area contributed by atoms with Crippen LogP contribution in [-0.2, 0) is 7.05 Å². The van der Waals surface area contributed by atoms with Crippen LogP contribution >= 0.6 is 0 Å². The van der Waals surface area contributed by atoms with Gasteiger partial charge in [-0.1, -0.05) is 24.3 Å². The highest BCUT2D eigenvalue weighted by atomic mass is 15.2. The summed E-state index contributed by atoms with van der Waals surface area (Å²) >= 11 is 0. The maximum Gasteiger partial charge on any atom is 0.103 e. The smallest absolute Gasteiger partial charge is 0.103 e. The molecule has 2 unspecified atom stereocenters. The first-order chi connectivity index (χ1) is 16.7. The van der Waals surface area contributed by atoms with Crippen molar-refractivity contribution in [2.75, 3.05) is 26.2 Å². The van der Waals surface area contributed by atoms with Gasteiger partial charge in [0, 0.05) is 50.3 Å². The second kappa shape index (κ2) is 10.9. The first kappa shape index (κ1) is 22.7. The molecule has 0 saturated carbocycles. The first-order valence-corrected chi connectivity index (χ1v) is 12.7. The molecule has 0 radical (unpaired) electrons. The predicted octanol–water partition coefficient (Wildman–Crippen LogP) is 3.42. The lowest BCUT2D eigenvalue weighted by atomic mass is 10.0. The molecule has 0 spiro atoms. The topological polar surface area (TPSA) is 60.7 Å². The SMILES string of the molecule is Cn1ccc(C2C=C(NC3C=CC(N4CCC(N5CCCC5)CC4)=CC3)NC=N2)ccccn1. The van der Waals surface area contributed by atoms with Gasteiger partial charge in [-0.05, 0) is 75.0 Å². The molecule has 2 N–H and O–H groups in total. The average Bonchev–Trinajstić information content (AvgIpc) is 3.44. The van der Waals surface area contributed by atoms with Gasteiger partial charge in [-0.2, -0.15) is 5.10 Å². The molecule has 34 heavy (non-hydrogen) atoms. The minimum absolute atomic E-state index is 0.0354. The van der Waals surface area contributed by atoms with Gasteiger partial charge in [0.05, 0.1) is 12.4 Å². The van der Waals surface area contributed by atoms with Gasteiger partial charge >= 0.3 is 0 Å². The molecule has 1 aromatic rings. The Hall–Kier alpha value is -3.06. The van der Waals surface area contributed by atoms with Gasteiger partial charge in [-0.25, -0.2) is 0 Å². The van der Waals surface area contributed by atoms with Crippen molar-refractivity contribution in [1.82, 2.24) is 30.2 Å². The number of rotatable bonds is 5. The Balaban J connectivity index is 1.16. The van der Waals surface area contributed by atoms with Crippen LogP contribution in [0.1, 0.15) is 43.7 Å². The summed E-state index contributed by atoms with van der Waals surface area (Å²) in [5.41, 5.74) is 2.51. The van der Waals surface area contributed by atoms with Crippen LogP contribution in [0.2, 0.25) is 0 Å². The van der Waals surface area contributed by atoms with Gasteiger partial charge in [0.1, 0.15) is 5.82 Å². The number of aromatic nitrogens is 2. The largest absolute Gasteiger partial charge is 0.372 e. The van der Waals surface area contributed by atoms with Gasteiger partial charge in [-0.15, -0.1) is 0 Å². The molecule has 0 aromatic carbocycles. The highest BCUT2D eigenvalue weighted by Gasteiger charge is 2.27. The number of hydrogen-bond donors (Lipinski definition) is 2. The minimum Gasteiger partial charge on any atom is -0.372 e. The maximum absolute atomic E-state index is 4.63. The zero-order valence-electron chi connectivity index (χ0n) is 20.2. The second-order valence-corrected chi connectivity index (χ2v) is 9.59. The number of likely N-dealkylation sites (tertiary alicyclic amines) is 2. The molecular formula is C27H37N7. The predicted molar refractivity (Wildman–Crippen MR) is 137 cm³/mol. The molecule has 7 heteroatoms. The molecule has 4 aliphatic rings. The standard InChI is InChI=1S/C27H37N7/c1-32-17-11-22(6-2-3-14-30-32)26-20-27(29-21-28-26)31-23-7-9-24(10-8-23)34-18-12-25(13-19-34)33-15-4-5-16-33/h2-3,6-7,9-11,14,17,20-21,23,25-26,31H,4-5,8,12-13,15-16,18-19H2,1H3,(H,28,29). The highest BCUT2D eigenvalue weighted by Crippen LogP contribution is 2.25. The van der Waals surface area contributed by atoms with E-state index in [4.69, 9.17) is 0 Å². The summed E-state index contributed by atoms with van der Waals surface area (Å²) < 4.78 is 1.79. The van der Waals surface area contributed by atoms with Gasteiger partial charge in [0.25, 0.3) is 0 Å². The Morgan fingerprint density at radius 1 is 1.06 bits per heavy atom. The summed E-state index contributed by atoms with van der Waals surface area (Å²) in [4.78, 5) is 9.92. The molecule has 7 nitrogen and oxygen atoms in total. The Morgan fingerprint density at radius 3 is 2.71 bits per heavy atom. The molecule has 1 aromatic heterocycles. The molecule has 0 amide bonds. The molecule has 2 saturated heterocycles.